The van der Waals surface area contributed by atoms with Crippen LogP contribution in [0.15, 0.2) is 42.5 Å². The fourth-order valence-corrected chi connectivity index (χ4v) is 2.96. The second-order valence-corrected chi connectivity index (χ2v) is 6.26. The van der Waals surface area contributed by atoms with Gasteiger partial charge in [-0.25, -0.2) is 0 Å². The smallest absolute Gasteiger partial charge is 0.158 e. The molecule has 3 rings (SSSR count). The minimum Gasteiger partial charge on any atom is -0.341 e. The van der Waals surface area contributed by atoms with Gasteiger partial charge in [-0.05, 0) is 18.2 Å². The molecule has 0 N–H and O–H groups in total. The molecule has 0 atom stereocenters. The summed E-state index contributed by atoms with van der Waals surface area (Å²) >= 11 is 0. The Hall–Kier alpha value is -2.00. The molecule has 104 valence electrons. The number of fused-ring (bicyclic) bond motifs is 2. The fraction of sp³-hybridized carbons (Fsp3) is 0.294. The molecule has 1 aliphatic heterocycles. The second-order valence-electron chi connectivity index (χ2n) is 6.26. The zero-order valence-corrected chi connectivity index (χ0v) is 12.9. The van der Waals surface area contributed by atoms with Gasteiger partial charge in [0.1, 0.15) is 5.69 Å². The number of anilines is 4. The van der Waals surface area contributed by atoms with Crippen LogP contribution in [0.4, 0.5) is 28.4 Å². The average Bonchev–Trinajstić information content (AvgIpc) is 2.43. The van der Waals surface area contributed by atoms with Gasteiger partial charge in [0.15, 0.2) is 5.69 Å². The summed E-state index contributed by atoms with van der Waals surface area (Å²) in [5, 5.41) is 0. The van der Waals surface area contributed by atoms with Gasteiger partial charge >= 0.3 is 0 Å². The summed E-state index contributed by atoms with van der Waals surface area (Å²) in [6.45, 7) is 0. The Morgan fingerprint density at radius 1 is 0.700 bits per heavy atom. The van der Waals surface area contributed by atoms with E-state index in [2.05, 4.69) is 87.5 Å². The normalized spacial score (nSPS) is 14.1. The van der Waals surface area contributed by atoms with Crippen LogP contribution in [0.3, 0.4) is 0 Å². The molecule has 1 aliphatic rings. The van der Waals surface area contributed by atoms with Gasteiger partial charge < -0.3 is 9.80 Å². The predicted molar refractivity (Wildman–Crippen MR) is 88.6 cm³/mol. The van der Waals surface area contributed by atoms with Crippen LogP contribution in [-0.2, 0) is 0 Å². The molecule has 0 saturated heterocycles. The number of benzene rings is 2. The van der Waals surface area contributed by atoms with Crippen molar-refractivity contribution in [3.05, 3.63) is 42.5 Å². The Labute approximate surface area is 121 Å². The van der Waals surface area contributed by atoms with Crippen LogP contribution in [0.2, 0.25) is 0 Å². The van der Waals surface area contributed by atoms with Gasteiger partial charge in [-0.15, -0.1) is 0 Å². The topological polar surface area (TPSA) is 6.48 Å². The standard InChI is InChI=1S/C17H22N3/c1-18-13-9-6-7-10-14(13)19(2)17-15(18)11-8-12-16(17)20(3,4)5/h6-12H,1-5H3/q+1. The quantitative estimate of drug-likeness (QED) is 0.727. The molecule has 0 amide bonds. The molecule has 2 aromatic rings. The first-order valence-electron chi connectivity index (χ1n) is 6.93. The summed E-state index contributed by atoms with van der Waals surface area (Å²) in [6.07, 6.45) is 0. The minimum atomic E-state index is 0.809. The molecule has 0 aliphatic carbocycles. The first-order valence-corrected chi connectivity index (χ1v) is 6.93. The first kappa shape index (κ1) is 13.0. The molecule has 1 heterocycles. The molecular weight excluding hydrogens is 246 g/mol. The van der Waals surface area contributed by atoms with Gasteiger partial charge in [0.05, 0.1) is 38.2 Å². The maximum absolute atomic E-state index is 2.31. The second kappa shape index (κ2) is 4.25. The van der Waals surface area contributed by atoms with E-state index in [4.69, 9.17) is 0 Å². The molecule has 20 heavy (non-hydrogen) atoms. The highest BCUT2D eigenvalue weighted by molar-refractivity contribution is 5.97. The fourth-order valence-electron chi connectivity index (χ4n) is 2.96. The maximum Gasteiger partial charge on any atom is 0.158 e. The van der Waals surface area contributed by atoms with Crippen LogP contribution in [0.25, 0.3) is 0 Å². The summed E-state index contributed by atoms with van der Waals surface area (Å²) in [5.41, 5.74) is 6.38. The van der Waals surface area contributed by atoms with Crippen molar-refractivity contribution in [2.75, 3.05) is 45.0 Å². The SMILES string of the molecule is CN1c2ccccc2N(C)c2c1cccc2[N+](C)(C)C. The summed E-state index contributed by atoms with van der Waals surface area (Å²) in [7, 11) is 10.9. The van der Waals surface area contributed by atoms with Crippen LogP contribution < -0.4 is 14.3 Å². The number of nitrogens with zero attached hydrogens (tertiary/aromatic N) is 3. The largest absolute Gasteiger partial charge is 0.341 e. The van der Waals surface area contributed by atoms with Gasteiger partial charge in [0.25, 0.3) is 0 Å². The average molecular weight is 268 g/mol. The molecule has 0 aromatic heterocycles. The highest BCUT2D eigenvalue weighted by atomic mass is 15.3. The van der Waals surface area contributed by atoms with Crippen LogP contribution in [0, 0.1) is 0 Å². The van der Waals surface area contributed by atoms with E-state index in [1.807, 2.05) is 0 Å². The van der Waals surface area contributed by atoms with Gasteiger partial charge in [-0.3, -0.25) is 4.48 Å². The molecule has 0 spiro atoms. The van der Waals surface area contributed by atoms with E-state index in [0.717, 1.165) is 4.48 Å². The summed E-state index contributed by atoms with van der Waals surface area (Å²) < 4.78 is 0.809. The molecule has 0 bridgehead atoms. The summed E-state index contributed by atoms with van der Waals surface area (Å²) in [5.74, 6) is 0. The van der Waals surface area contributed by atoms with E-state index in [1.54, 1.807) is 0 Å². The van der Waals surface area contributed by atoms with Gasteiger partial charge in [0, 0.05) is 20.2 Å². The number of hydrogen-bond acceptors (Lipinski definition) is 2. The maximum atomic E-state index is 2.31. The third-order valence-corrected chi connectivity index (χ3v) is 4.02. The van der Waals surface area contributed by atoms with Crippen molar-refractivity contribution in [2.45, 2.75) is 0 Å². The lowest BCUT2D eigenvalue weighted by Crippen LogP contribution is -2.37. The third kappa shape index (κ3) is 1.78. The summed E-state index contributed by atoms with van der Waals surface area (Å²) in [4.78, 5) is 4.59. The Morgan fingerprint density at radius 2 is 1.25 bits per heavy atom. The van der Waals surface area contributed by atoms with Crippen molar-refractivity contribution in [3.8, 4) is 0 Å². The lowest BCUT2D eigenvalue weighted by atomic mass is 10.1. The molecule has 2 aromatic carbocycles. The number of quaternary nitrogens is 1. The van der Waals surface area contributed by atoms with Crippen molar-refractivity contribution >= 4 is 28.4 Å². The Balaban J connectivity index is 2.28. The third-order valence-electron chi connectivity index (χ3n) is 4.02. The van der Waals surface area contributed by atoms with Crippen LogP contribution >= 0.6 is 0 Å². The molecule has 0 unspecified atom stereocenters. The minimum absolute atomic E-state index is 0.809. The molecular formula is C17H22N3+. The highest BCUT2D eigenvalue weighted by Gasteiger charge is 2.30. The van der Waals surface area contributed by atoms with Crippen molar-refractivity contribution < 1.29 is 0 Å². The molecule has 3 heteroatoms. The van der Waals surface area contributed by atoms with E-state index < -0.39 is 0 Å². The molecule has 0 radical (unpaired) electrons. The van der Waals surface area contributed by atoms with Crippen LogP contribution in [-0.4, -0.2) is 35.2 Å². The first-order chi connectivity index (χ1) is 9.41. The van der Waals surface area contributed by atoms with E-state index in [-0.39, 0.29) is 0 Å². The number of hydrogen-bond donors (Lipinski definition) is 0. The highest BCUT2D eigenvalue weighted by Crippen LogP contribution is 2.50. The monoisotopic (exact) mass is 268 g/mol. The zero-order chi connectivity index (χ0) is 14.5. The van der Waals surface area contributed by atoms with Crippen molar-refractivity contribution in [1.29, 1.82) is 0 Å². The predicted octanol–water partition coefficient (Wildman–Crippen LogP) is 3.73. The van der Waals surface area contributed by atoms with Gasteiger partial charge in [-0.1, -0.05) is 18.2 Å². The molecule has 0 saturated carbocycles. The summed E-state index contributed by atoms with van der Waals surface area (Å²) in [6, 6.07) is 15.1. The lowest BCUT2D eigenvalue weighted by molar-refractivity contribution is 0.487. The van der Waals surface area contributed by atoms with Gasteiger partial charge in [0.2, 0.25) is 0 Å². The zero-order valence-electron chi connectivity index (χ0n) is 12.9. The van der Waals surface area contributed by atoms with E-state index >= 15 is 0 Å². The van der Waals surface area contributed by atoms with E-state index in [0.29, 0.717) is 0 Å². The van der Waals surface area contributed by atoms with Crippen molar-refractivity contribution in [1.82, 2.24) is 4.48 Å². The Morgan fingerprint density at radius 3 is 1.85 bits per heavy atom. The van der Waals surface area contributed by atoms with Crippen molar-refractivity contribution in [2.24, 2.45) is 0 Å². The Bertz CT molecular complexity index is 656. The molecule has 0 fully saturated rings. The Kier molecular flexibility index (Phi) is 2.76. The van der Waals surface area contributed by atoms with Crippen LogP contribution in [0.1, 0.15) is 0 Å². The van der Waals surface area contributed by atoms with Gasteiger partial charge in [-0.2, -0.15) is 0 Å². The van der Waals surface area contributed by atoms with E-state index in [1.165, 1.54) is 28.4 Å². The van der Waals surface area contributed by atoms with E-state index in [9.17, 15) is 0 Å². The molecule has 3 nitrogen and oxygen atoms in total. The number of para-hydroxylation sites is 3. The number of rotatable bonds is 1. The van der Waals surface area contributed by atoms with Crippen molar-refractivity contribution in [3.63, 3.8) is 0 Å². The van der Waals surface area contributed by atoms with Crippen LogP contribution in [0.5, 0.6) is 0 Å². The lowest BCUT2D eigenvalue weighted by Gasteiger charge is -2.39.